The second-order valence-electron chi connectivity index (χ2n) is 7.64. The van der Waals surface area contributed by atoms with Gasteiger partial charge in [0.2, 0.25) is 0 Å². The third-order valence-electron chi connectivity index (χ3n) is 5.50. The quantitative estimate of drug-likeness (QED) is 0.431. The number of rotatable bonds is 7. The van der Waals surface area contributed by atoms with Gasteiger partial charge in [0.05, 0.1) is 29.5 Å². The molecule has 0 aliphatic carbocycles. The molecular weight excluding hydrogens is 402 g/mol. The predicted octanol–water partition coefficient (Wildman–Crippen LogP) is 3.46. The topological polar surface area (TPSA) is 92.6 Å². The van der Waals surface area contributed by atoms with Crippen LogP contribution in [-0.4, -0.2) is 53.4 Å². The maximum Gasteiger partial charge on any atom is 0.255 e. The summed E-state index contributed by atoms with van der Waals surface area (Å²) in [6, 6.07) is 13.7. The van der Waals surface area contributed by atoms with E-state index >= 15 is 0 Å². The van der Waals surface area contributed by atoms with Crippen LogP contribution in [0.25, 0.3) is 22.2 Å². The number of para-hydroxylation sites is 2. The molecule has 1 amide bonds. The highest BCUT2D eigenvalue weighted by Crippen LogP contribution is 2.16. The normalized spacial score (nSPS) is 11.3. The number of hydrogen-bond acceptors (Lipinski definition) is 5. The van der Waals surface area contributed by atoms with E-state index in [9.17, 15) is 4.79 Å². The van der Waals surface area contributed by atoms with Crippen LogP contribution >= 0.6 is 0 Å². The van der Waals surface area contributed by atoms with E-state index in [4.69, 9.17) is 0 Å². The van der Waals surface area contributed by atoms with Gasteiger partial charge in [-0.1, -0.05) is 18.2 Å². The van der Waals surface area contributed by atoms with Crippen molar-refractivity contribution < 1.29 is 4.79 Å². The maximum atomic E-state index is 13.1. The molecule has 0 aliphatic rings. The first-order chi connectivity index (χ1) is 15.7. The average Bonchev–Trinajstić information content (AvgIpc) is 3.43. The molecule has 1 N–H and O–H groups in total. The molecule has 32 heavy (non-hydrogen) atoms. The van der Waals surface area contributed by atoms with E-state index in [1.807, 2.05) is 65.1 Å². The minimum absolute atomic E-state index is 0.0557. The number of hydrogen-bond donors (Lipinski definition) is 1. The first kappa shape index (κ1) is 19.9. The fourth-order valence-corrected chi connectivity index (χ4v) is 3.82. The maximum absolute atomic E-state index is 13.1. The van der Waals surface area contributed by atoms with E-state index < -0.39 is 0 Å². The molecule has 8 heteroatoms. The van der Waals surface area contributed by atoms with Gasteiger partial charge in [-0.3, -0.25) is 9.78 Å². The van der Waals surface area contributed by atoms with Crippen LogP contribution in [0.15, 0.2) is 67.4 Å². The molecule has 1 aromatic carbocycles. The Morgan fingerprint density at radius 2 is 2.00 bits per heavy atom. The van der Waals surface area contributed by atoms with Crippen LogP contribution in [-0.2, 0) is 13.0 Å². The van der Waals surface area contributed by atoms with E-state index in [1.54, 1.807) is 18.7 Å². The molecule has 0 radical (unpaired) electrons. The monoisotopic (exact) mass is 425 g/mol. The number of carbonyl (C=O) groups excluding carboxylic acids is 1. The van der Waals surface area contributed by atoms with Crippen molar-refractivity contribution in [3.63, 3.8) is 0 Å². The fraction of sp³-hybridized carbons (Fsp3) is 0.208. The van der Waals surface area contributed by atoms with Crippen molar-refractivity contribution in [3.8, 4) is 0 Å². The van der Waals surface area contributed by atoms with Gasteiger partial charge >= 0.3 is 0 Å². The summed E-state index contributed by atoms with van der Waals surface area (Å²) in [7, 11) is 0. The van der Waals surface area contributed by atoms with Gasteiger partial charge < -0.3 is 14.5 Å². The standard InChI is InChI=1S/C24H23N7O/c1-2-30(11-9-22-28-19-7-3-4-8-20(19)29-22)24(32)18-12-21-23(26-14-18)31(16-27-21)15-17-6-5-10-25-13-17/h3-8,10,12-14,16H,2,9,11,15H2,1H3,(H,28,29). The highest BCUT2D eigenvalue weighted by atomic mass is 16.2. The summed E-state index contributed by atoms with van der Waals surface area (Å²) in [5.74, 6) is 0.819. The number of nitrogens with one attached hydrogen (secondary N) is 1. The third-order valence-corrected chi connectivity index (χ3v) is 5.50. The number of imidazole rings is 2. The van der Waals surface area contributed by atoms with Crippen molar-refractivity contribution in [2.24, 2.45) is 0 Å². The molecule has 0 saturated heterocycles. The second-order valence-corrected chi connectivity index (χ2v) is 7.64. The molecular formula is C24H23N7O. The van der Waals surface area contributed by atoms with Gasteiger partial charge in [-0.2, -0.15) is 0 Å². The Hall–Kier alpha value is -4.07. The van der Waals surface area contributed by atoms with Gasteiger partial charge in [-0.15, -0.1) is 0 Å². The van der Waals surface area contributed by atoms with E-state index in [-0.39, 0.29) is 5.91 Å². The second kappa shape index (κ2) is 8.58. The summed E-state index contributed by atoms with van der Waals surface area (Å²) < 4.78 is 1.96. The lowest BCUT2D eigenvalue weighted by Crippen LogP contribution is -2.33. The Morgan fingerprint density at radius 3 is 2.81 bits per heavy atom. The Morgan fingerprint density at radius 1 is 1.09 bits per heavy atom. The van der Waals surface area contributed by atoms with Crippen LogP contribution < -0.4 is 0 Å². The Labute approximate surface area is 185 Å². The van der Waals surface area contributed by atoms with Crippen molar-refractivity contribution in [2.75, 3.05) is 13.1 Å². The van der Waals surface area contributed by atoms with Crippen molar-refractivity contribution in [1.29, 1.82) is 0 Å². The number of aromatic nitrogens is 6. The lowest BCUT2D eigenvalue weighted by Gasteiger charge is -2.20. The van der Waals surface area contributed by atoms with Crippen LogP contribution in [0.1, 0.15) is 28.7 Å². The fourth-order valence-electron chi connectivity index (χ4n) is 3.82. The molecule has 160 valence electrons. The summed E-state index contributed by atoms with van der Waals surface area (Å²) in [5, 5.41) is 0. The zero-order valence-electron chi connectivity index (χ0n) is 17.8. The van der Waals surface area contributed by atoms with Crippen LogP contribution in [0, 0.1) is 0 Å². The minimum Gasteiger partial charge on any atom is -0.342 e. The van der Waals surface area contributed by atoms with Gasteiger partial charge in [-0.25, -0.2) is 15.0 Å². The molecule has 5 rings (SSSR count). The molecule has 0 atom stereocenters. The number of fused-ring (bicyclic) bond motifs is 2. The number of carbonyl (C=O) groups is 1. The molecule has 0 unspecified atom stereocenters. The first-order valence-corrected chi connectivity index (χ1v) is 10.6. The van der Waals surface area contributed by atoms with Gasteiger partial charge in [0.25, 0.3) is 5.91 Å². The minimum atomic E-state index is -0.0557. The molecule has 0 saturated carbocycles. The summed E-state index contributed by atoms with van der Waals surface area (Å²) in [6.07, 6.45) is 7.61. The van der Waals surface area contributed by atoms with Gasteiger partial charge in [0.15, 0.2) is 5.65 Å². The highest BCUT2D eigenvalue weighted by molar-refractivity contribution is 5.96. The van der Waals surface area contributed by atoms with Crippen molar-refractivity contribution in [2.45, 2.75) is 19.9 Å². The first-order valence-electron chi connectivity index (χ1n) is 10.6. The van der Waals surface area contributed by atoms with Crippen molar-refractivity contribution >= 4 is 28.1 Å². The number of likely N-dealkylation sites (N-methyl/N-ethyl adjacent to an activating group) is 1. The smallest absolute Gasteiger partial charge is 0.255 e. The van der Waals surface area contributed by atoms with Crippen LogP contribution in [0.4, 0.5) is 0 Å². The van der Waals surface area contributed by atoms with Gasteiger partial charge in [0, 0.05) is 38.1 Å². The summed E-state index contributed by atoms with van der Waals surface area (Å²) >= 11 is 0. The number of aromatic amines is 1. The summed E-state index contributed by atoms with van der Waals surface area (Å²) in [5.41, 5.74) is 5.00. The van der Waals surface area contributed by atoms with Crippen molar-refractivity contribution in [1.82, 2.24) is 34.4 Å². The van der Waals surface area contributed by atoms with E-state index in [0.29, 0.717) is 37.1 Å². The number of pyridine rings is 2. The number of nitrogens with zero attached hydrogens (tertiary/aromatic N) is 6. The molecule has 0 bridgehead atoms. The zero-order valence-corrected chi connectivity index (χ0v) is 17.8. The van der Waals surface area contributed by atoms with Gasteiger partial charge in [-0.05, 0) is 36.8 Å². The van der Waals surface area contributed by atoms with Gasteiger partial charge in [0.1, 0.15) is 11.3 Å². The lowest BCUT2D eigenvalue weighted by atomic mass is 10.2. The Kier molecular flexibility index (Phi) is 5.33. The average molecular weight is 425 g/mol. The Bertz CT molecular complexity index is 1340. The van der Waals surface area contributed by atoms with Crippen molar-refractivity contribution in [3.05, 3.63) is 84.3 Å². The molecule has 4 heterocycles. The largest absolute Gasteiger partial charge is 0.342 e. The molecule has 5 aromatic rings. The zero-order chi connectivity index (χ0) is 21.9. The van der Waals surface area contributed by atoms with Crippen LogP contribution in [0.5, 0.6) is 0 Å². The Balaban J connectivity index is 1.31. The SMILES string of the molecule is CCN(CCc1nc2ccccc2[nH]1)C(=O)c1cnc2c(c1)ncn2Cc1cccnc1. The molecule has 8 nitrogen and oxygen atoms in total. The third kappa shape index (κ3) is 3.94. The predicted molar refractivity (Wildman–Crippen MR) is 122 cm³/mol. The molecule has 0 fully saturated rings. The lowest BCUT2D eigenvalue weighted by molar-refractivity contribution is 0.0765. The van der Waals surface area contributed by atoms with E-state index in [1.165, 1.54) is 0 Å². The summed E-state index contributed by atoms with van der Waals surface area (Å²) in [4.78, 5) is 36.0. The number of H-pyrrole nitrogens is 1. The number of amides is 1. The molecule has 0 spiro atoms. The van der Waals surface area contributed by atoms with E-state index in [0.717, 1.165) is 28.1 Å². The molecule has 0 aliphatic heterocycles. The van der Waals surface area contributed by atoms with E-state index in [2.05, 4.69) is 24.9 Å². The summed E-state index contributed by atoms with van der Waals surface area (Å²) in [6.45, 7) is 3.78. The van der Waals surface area contributed by atoms with Crippen LogP contribution in [0.3, 0.4) is 0 Å². The van der Waals surface area contributed by atoms with Crippen LogP contribution in [0.2, 0.25) is 0 Å². The highest BCUT2D eigenvalue weighted by Gasteiger charge is 2.17. The molecule has 4 aromatic heterocycles. The number of benzene rings is 1.